The Balaban J connectivity index is 1.51. The SMILES string of the molecule is CC(=O)Nc1ccc(C(=O)N2CCCN2C(=O)Cc2c(C)[nH]c3ccccc23)cc1. The molecule has 1 aromatic heterocycles. The van der Waals surface area contributed by atoms with Crippen LogP contribution in [0.1, 0.15) is 35.0 Å². The maximum atomic E-state index is 13.1. The highest BCUT2D eigenvalue weighted by Crippen LogP contribution is 2.24. The van der Waals surface area contributed by atoms with Gasteiger partial charge in [-0.1, -0.05) is 18.2 Å². The molecule has 0 saturated carbocycles. The summed E-state index contributed by atoms with van der Waals surface area (Å²) in [4.78, 5) is 40.6. The molecule has 154 valence electrons. The van der Waals surface area contributed by atoms with E-state index in [0.717, 1.165) is 28.6 Å². The van der Waals surface area contributed by atoms with Gasteiger partial charge in [-0.05, 0) is 49.2 Å². The Labute approximate surface area is 174 Å². The van der Waals surface area contributed by atoms with Gasteiger partial charge >= 0.3 is 0 Å². The van der Waals surface area contributed by atoms with Gasteiger partial charge in [0.1, 0.15) is 0 Å². The van der Waals surface area contributed by atoms with E-state index in [0.29, 0.717) is 24.3 Å². The van der Waals surface area contributed by atoms with E-state index >= 15 is 0 Å². The number of para-hydroxylation sites is 1. The van der Waals surface area contributed by atoms with Gasteiger partial charge < -0.3 is 10.3 Å². The van der Waals surface area contributed by atoms with E-state index in [1.165, 1.54) is 11.9 Å². The minimum Gasteiger partial charge on any atom is -0.358 e. The lowest BCUT2D eigenvalue weighted by Gasteiger charge is -2.28. The van der Waals surface area contributed by atoms with Crippen molar-refractivity contribution in [1.82, 2.24) is 15.0 Å². The molecule has 7 nitrogen and oxygen atoms in total. The quantitative estimate of drug-likeness (QED) is 0.700. The van der Waals surface area contributed by atoms with Crippen LogP contribution in [0.15, 0.2) is 48.5 Å². The van der Waals surface area contributed by atoms with Crippen LogP contribution in [0.25, 0.3) is 10.9 Å². The monoisotopic (exact) mass is 404 g/mol. The van der Waals surface area contributed by atoms with Crippen molar-refractivity contribution < 1.29 is 14.4 Å². The molecule has 0 aliphatic carbocycles. The van der Waals surface area contributed by atoms with E-state index in [9.17, 15) is 14.4 Å². The predicted octanol–water partition coefficient (Wildman–Crippen LogP) is 3.27. The topological polar surface area (TPSA) is 85.5 Å². The number of anilines is 1. The standard InChI is InChI=1S/C23H24N4O3/c1-15-20(19-6-3-4-7-21(19)24-15)14-22(29)26-12-5-13-27(26)23(30)17-8-10-18(11-9-17)25-16(2)28/h3-4,6-11,24H,5,12-14H2,1-2H3,(H,25,28). The number of aromatic nitrogens is 1. The van der Waals surface area contributed by atoms with Crippen molar-refractivity contribution in [3.05, 3.63) is 65.4 Å². The number of fused-ring (bicyclic) bond motifs is 1. The molecule has 3 aromatic rings. The smallest absolute Gasteiger partial charge is 0.272 e. The third-order valence-electron chi connectivity index (χ3n) is 5.36. The first-order chi connectivity index (χ1) is 14.4. The number of aryl methyl sites for hydroxylation is 1. The van der Waals surface area contributed by atoms with Gasteiger partial charge in [-0.25, -0.2) is 5.01 Å². The molecule has 1 aliphatic rings. The van der Waals surface area contributed by atoms with E-state index in [2.05, 4.69) is 10.3 Å². The highest BCUT2D eigenvalue weighted by atomic mass is 16.2. The van der Waals surface area contributed by atoms with Crippen LogP contribution in [0.4, 0.5) is 5.69 Å². The second kappa shape index (κ2) is 8.02. The second-order valence-corrected chi connectivity index (χ2v) is 7.51. The fraction of sp³-hybridized carbons (Fsp3) is 0.261. The number of hydrazine groups is 1. The molecule has 1 fully saturated rings. The first-order valence-corrected chi connectivity index (χ1v) is 10.00. The zero-order chi connectivity index (χ0) is 21.3. The van der Waals surface area contributed by atoms with Crippen LogP contribution in [0.5, 0.6) is 0 Å². The molecule has 2 aromatic carbocycles. The van der Waals surface area contributed by atoms with Gasteiger partial charge in [0.2, 0.25) is 11.8 Å². The van der Waals surface area contributed by atoms with Crippen LogP contribution in [0, 0.1) is 6.92 Å². The summed E-state index contributed by atoms with van der Waals surface area (Å²) in [5.74, 6) is -0.479. The number of carbonyl (C=O) groups is 3. The molecule has 7 heteroatoms. The lowest BCUT2D eigenvalue weighted by atomic mass is 10.1. The number of benzene rings is 2. The maximum absolute atomic E-state index is 13.1. The van der Waals surface area contributed by atoms with E-state index in [4.69, 9.17) is 0 Å². The Bertz CT molecular complexity index is 1120. The Kier molecular flexibility index (Phi) is 5.27. The molecule has 2 heterocycles. The van der Waals surface area contributed by atoms with Crippen LogP contribution in [-0.2, 0) is 16.0 Å². The third-order valence-corrected chi connectivity index (χ3v) is 5.36. The Hall–Kier alpha value is -3.61. The van der Waals surface area contributed by atoms with Gasteiger partial charge in [-0.3, -0.25) is 19.4 Å². The van der Waals surface area contributed by atoms with Crippen molar-refractivity contribution in [3.8, 4) is 0 Å². The second-order valence-electron chi connectivity index (χ2n) is 7.51. The number of aromatic amines is 1. The van der Waals surface area contributed by atoms with Crippen LogP contribution in [-0.4, -0.2) is 45.8 Å². The van der Waals surface area contributed by atoms with E-state index in [1.54, 1.807) is 29.3 Å². The van der Waals surface area contributed by atoms with Gasteiger partial charge in [-0.2, -0.15) is 0 Å². The van der Waals surface area contributed by atoms with Crippen LogP contribution < -0.4 is 5.32 Å². The van der Waals surface area contributed by atoms with Gasteiger partial charge in [0.15, 0.2) is 0 Å². The maximum Gasteiger partial charge on any atom is 0.272 e. The summed E-state index contributed by atoms with van der Waals surface area (Å²) in [5.41, 5.74) is 4.05. The van der Waals surface area contributed by atoms with Crippen LogP contribution >= 0.6 is 0 Å². The minimum absolute atomic E-state index is 0.0939. The van der Waals surface area contributed by atoms with Crippen molar-refractivity contribution in [2.45, 2.75) is 26.7 Å². The number of hydrogen-bond acceptors (Lipinski definition) is 3. The summed E-state index contributed by atoms with van der Waals surface area (Å²) in [6.45, 7) is 4.43. The summed E-state index contributed by atoms with van der Waals surface area (Å²) in [6, 6.07) is 14.6. The molecule has 1 aliphatic heterocycles. The highest BCUT2D eigenvalue weighted by Gasteiger charge is 2.31. The zero-order valence-corrected chi connectivity index (χ0v) is 17.1. The summed E-state index contributed by atoms with van der Waals surface area (Å²) < 4.78 is 0. The Morgan fingerprint density at radius 1 is 1.00 bits per heavy atom. The van der Waals surface area contributed by atoms with Gasteiger partial charge in [0.25, 0.3) is 5.91 Å². The summed E-state index contributed by atoms with van der Waals surface area (Å²) >= 11 is 0. The Morgan fingerprint density at radius 2 is 1.70 bits per heavy atom. The van der Waals surface area contributed by atoms with Gasteiger partial charge in [-0.15, -0.1) is 0 Å². The van der Waals surface area contributed by atoms with E-state index < -0.39 is 0 Å². The first kappa shape index (κ1) is 19.7. The average molecular weight is 404 g/mol. The summed E-state index contributed by atoms with van der Waals surface area (Å²) in [6.07, 6.45) is 0.982. The van der Waals surface area contributed by atoms with Crippen LogP contribution in [0.2, 0.25) is 0 Å². The zero-order valence-electron chi connectivity index (χ0n) is 17.1. The van der Waals surface area contributed by atoms with Gasteiger partial charge in [0, 0.05) is 47.9 Å². The Morgan fingerprint density at radius 3 is 2.43 bits per heavy atom. The average Bonchev–Trinajstić information content (AvgIpc) is 3.33. The van der Waals surface area contributed by atoms with E-state index in [-0.39, 0.29) is 24.1 Å². The molecule has 1 saturated heterocycles. The molecule has 3 amide bonds. The van der Waals surface area contributed by atoms with Crippen molar-refractivity contribution >= 4 is 34.3 Å². The lowest BCUT2D eigenvalue weighted by molar-refractivity contribution is -0.139. The van der Waals surface area contributed by atoms with Crippen molar-refractivity contribution in [1.29, 1.82) is 0 Å². The minimum atomic E-state index is -0.217. The largest absolute Gasteiger partial charge is 0.358 e. The number of H-pyrrole nitrogens is 1. The number of nitrogens with zero attached hydrogens (tertiary/aromatic N) is 2. The predicted molar refractivity (Wildman–Crippen MR) is 115 cm³/mol. The number of rotatable bonds is 4. The number of amides is 3. The molecular formula is C23H24N4O3. The molecule has 0 unspecified atom stereocenters. The number of carbonyl (C=O) groups excluding carboxylic acids is 3. The number of nitrogens with one attached hydrogen (secondary N) is 2. The first-order valence-electron chi connectivity index (χ1n) is 10.00. The van der Waals surface area contributed by atoms with Crippen molar-refractivity contribution in [3.63, 3.8) is 0 Å². The summed E-state index contributed by atoms with van der Waals surface area (Å²) in [7, 11) is 0. The molecule has 2 N–H and O–H groups in total. The normalized spacial score (nSPS) is 13.7. The van der Waals surface area contributed by atoms with Crippen molar-refractivity contribution in [2.24, 2.45) is 0 Å². The van der Waals surface area contributed by atoms with E-state index in [1.807, 2.05) is 31.2 Å². The van der Waals surface area contributed by atoms with Crippen LogP contribution in [0.3, 0.4) is 0 Å². The molecule has 30 heavy (non-hydrogen) atoms. The molecule has 0 radical (unpaired) electrons. The fourth-order valence-corrected chi connectivity index (χ4v) is 3.94. The molecule has 0 atom stereocenters. The highest BCUT2D eigenvalue weighted by molar-refractivity contribution is 5.97. The summed E-state index contributed by atoms with van der Waals surface area (Å²) in [5, 5.41) is 6.81. The molecular weight excluding hydrogens is 380 g/mol. The fourth-order valence-electron chi connectivity index (χ4n) is 3.94. The molecule has 4 rings (SSSR count). The van der Waals surface area contributed by atoms with Gasteiger partial charge in [0.05, 0.1) is 6.42 Å². The van der Waals surface area contributed by atoms with Crippen molar-refractivity contribution in [2.75, 3.05) is 18.4 Å². The molecule has 0 bridgehead atoms. The number of hydrogen-bond donors (Lipinski definition) is 2. The lowest BCUT2D eigenvalue weighted by Crippen LogP contribution is -2.45. The third kappa shape index (κ3) is 3.78. The molecule has 0 spiro atoms.